The number of carbonyl (C=O) groups excluding carboxylic acids is 1. The maximum absolute atomic E-state index is 12.0. The lowest BCUT2D eigenvalue weighted by molar-refractivity contribution is 0.0555. The summed E-state index contributed by atoms with van der Waals surface area (Å²) in [7, 11) is 1.65. The van der Waals surface area contributed by atoms with E-state index < -0.39 is 5.97 Å². The number of carbonyl (C=O) groups is 2. The van der Waals surface area contributed by atoms with Gasteiger partial charge in [0.15, 0.2) is 5.76 Å². The Labute approximate surface area is 104 Å². The number of hydrogen-bond acceptors (Lipinski definition) is 4. The van der Waals surface area contributed by atoms with Crippen LogP contribution in [0.4, 0.5) is 0 Å². The molecule has 1 aromatic heterocycles. The summed E-state index contributed by atoms with van der Waals surface area (Å²) in [4.78, 5) is 24.1. The standard InChI is InChI=1S/C12H15NO5/c1-13(7-8-3-2-6-17-8)11(14)9-4-5-10(18-9)12(15)16/h4-5,8H,2-3,6-7H2,1H3,(H,15,16)/t8-/m0/s1. The summed E-state index contributed by atoms with van der Waals surface area (Å²) in [5.41, 5.74) is 0. The van der Waals surface area contributed by atoms with Gasteiger partial charge in [0.2, 0.25) is 5.76 Å². The van der Waals surface area contributed by atoms with Crippen LogP contribution in [0.25, 0.3) is 0 Å². The lowest BCUT2D eigenvalue weighted by atomic mass is 10.2. The fourth-order valence-corrected chi connectivity index (χ4v) is 1.93. The fraction of sp³-hybridized carbons (Fsp3) is 0.500. The Morgan fingerprint density at radius 2 is 2.17 bits per heavy atom. The van der Waals surface area contributed by atoms with Crippen molar-refractivity contribution in [2.75, 3.05) is 20.2 Å². The van der Waals surface area contributed by atoms with E-state index in [-0.39, 0.29) is 23.5 Å². The smallest absolute Gasteiger partial charge is 0.371 e. The minimum atomic E-state index is -1.18. The summed E-state index contributed by atoms with van der Waals surface area (Å²) in [6, 6.07) is 2.65. The van der Waals surface area contributed by atoms with Crippen LogP contribution in [0.2, 0.25) is 0 Å². The largest absolute Gasteiger partial charge is 0.475 e. The second-order valence-electron chi connectivity index (χ2n) is 4.29. The first-order chi connectivity index (χ1) is 8.58. The molecule has 0 saturated carbocycles. The van der Waals surface area contributed by atoms with Gasteiger partial charge in [-0.2, -0.15) is 0 Å². The first kappa shape index (κ1) is 12.6. The molecular weight excluding hydrogens is 238 g/mol. The van der Waals surface area contributed by atoms with Crippen LogP contribution in [0, 0.1) is 0 Å². The summed E-state index contributed by atoms with van der Waals surface area (Å²) >= 11 is 0. The molecular formula is C12H15NO5. The van der Waals surface area contributed by atoms with Crippen molar-refractivity contribution in [2.24, 2.45) is 0 Å². The Morgan fingerprint density at radius 3 is 2.72 bits per heavy atom. The summed E-state index contributed by atoms with van der Waals surface area (Å²) in [6.45, 7) is 1.22. The Kier molecular flexibility index (Phi) is 3.66. The SMILES string of the molecule is CN(C[C@@H]1CCCO1)C(=O)c1ccc(C(=O)O)o1. The van der Waals surface area contributed by atoms with E-state index in [0.29, 0.717) is 6.54 Å². The van der Waals surface area contributed by atoms with Crippen molar-refractivity contribution < 1.29 is 23.8 Å². The average Bonchev–Trinajstić information content (AvgIpc) is 2.98. The molecule has 6 heteroatoms. The number of carboxylic acids is 1. The number of likely N-dealkylation sites (N-methyl/N-ethyl adjacent to an activating group) is 1. The highest BCUT2D eigenvalue weighted by Gasteiger charge is 2.23. The third-order valence-electron chi connectivity index (χ3n) is 2.88. The number of ether oxygens (including phenoxy) is 1. The molecule has 0 bridgehead atoms. The number of aromatic carboxylic acids is 1. The van der Waals surface area contributed by atoms with Crippen LogP contribution < -0.4 is 0 Å². The van der Waals surface area contributed by atoms with E-state index in [1.165, 1.54) is 17.0 Å². The minimum absolute atomic E-state index is 0.0351. The molecule has 1 aromatic rings. The molecule has 0 spiro atoms. The number of furan rings is 1. The molecule has 0 aliphatic carbocycles. The first-order valence-electron chi connectivity index (χ1n) is 5.78. The Balaban J connectivity index is 1.98. The van der Waals surface area contributed by atoms with Crippen LogP contribution in [0.5, 0.6) is 0 Å². The highest BCUT2D eigenvalue weighted by atomic mass is 16.5. The van der Waals surface area contributed by atoms with Gasteiger partial charge in [-0.3, -0.25) is 4.79 Å². The molecule has 98 valence electrons. The van der Waals surface area contributed by atoms with Crippen molar-refractivity contribution in [1.29, 1.82) is 0 Å². The zero-order valence-electron chi connectivity index (χ0n) is 10.1. The lowest BCUT2D eigenvalue weighted by Gasteiger charge is -2.19. The number of carboxylic acid groups (broad SMARTS) is 1. The predicted molar refractivity (Wildman–Crippen MR) is 61.6 cm³/mol. The summed E-state index contributed by atoms with van der Waals surface area (Å²) in [5, 5.41) is 8.71. The van der Waals surface area contributed by atoms with Gasteiger partial charge in [0.1, 0.15) is 0 Å². The summed E-state index contributed by atoms with van der Waals surface area (Å²) in [5.74, 6) is -1.72. The van der Waals surface area contributed by atoms with Crippen molar-refractivity contribution in [1.82, 2.24) is 4.90 Å². The number of amides is 1. The molecule has 1 saturated heterocycles. The van der Waals surface area contributed by atoms with E-state index in [2.05, 4.69) is 0 Å². The molecule has 1 amide bonds. The van der Waals surface area contributed by atoms with Gasteiger partial charge in [-0.05, 0) is 25.0 Å². The van der Waals surface area contributed by atoms with Crippen molar-refractivity contribution >= 4 is 11.9 Å². The van der Waals surface area contributed by atoms with Crippen LogP contribution in [0.1, 0.15) is 34.0 Å². The number of rotatable bonds is 4. The molecule has 6 nitrogen and oxygen atoms in total. The van der Waals surface area contributed by atoms with Crippen molar-refractivity contribution in [3.05, 3.63) is 23.7 Å². The van der Waals surface area contributed by atoms with Gasteiger partial charge >= 0.3 is 5.97 Å². The molecule has 1 N–H and O–H groups in total. The molecule has 2 heterocycles. The second kappa shape index (κ2) is 5.22. The van der Waals surface area contributed by atoms with E-state index in [1.807, 2.05) is 0 Å². The first-order valence-corrected chi connectivity index (χ1v) is 5.78. The van der Waals surface area contributed by atoms with E-state index in [4.69, 9.17) is 14.3 Å². The van der Waals surface area contributed by atoms with Crippen LogP contribution in [0.15, 0.2) is 16.5 Å². The summed E-state index contributed by atoms with van der Waals surface area (Å²) < 4.78 is 10.4. The van der Waals surface area contributed by atoms with Crippen LogP contribution in [-0.4, -0.2) is 48.2 Å². The molecule has 1 fully saturated rings. The van der Waals surface area contributed by atoms with Gasteiger partial charge in [0.05, 0.1) is 6.10 Å². The Morgan fingerprint density at radius 1 is 1.44 bits per heavy atom. The highest BCUT2D eigenvalue weighted by molar-refractivity contribution is 5.93. The zero-order valence-corrected chi connectivity index (χ0v) is 10.1. The van der Waals surface area contributed by atoms with E-state index in [0.717, 1.165) is 19.4 Å². The molecule has 0 unspecified atom stereocenters. The normalized spacial score (nSPS) is 18.8. The maximum atomic E-state index is 12.0. The second-order valence-corrected chi connectivity index (χ2v) is 4.29. The molecule has 0 aromatic carbocycles. The van der Waals surface area contributed by atoms with E-state index in [1.54, 1.807) is 7.05 Å². The minimum Gasteiger partial charge on any atom is -0.475 e. The fourth-order valence-electron chi connectivity index (χ4n) is 1.93. The predicted octanol–water partition coefficient (Wildman–Crippen LogP) is 1.23. The van der Waals surface area contributed by atoms with Crippen LogP contribution in [0.3, 0.4) is 0 Å². The Bertz CT molecular complexity index is 447. The third kappa shape index (κ3) is 2.70. The quantitative estimate of drug-likeness (QED) is 0.872. The summed E-state index contributed by atoms with van der Waals surface area (Å²) in [6.07, 6.45) is 2.01. The van der Waals surface area contributed by atoms with Gasteiger partial charge in [-0.25, -0.2) is 4.79 Å². The molecule has 18 heavy (non-hydrogen) atoms. The molecule has 0 radical (unpaired) electrons. The lowest BCUT2D eigenvalue weighted by Crippen LogP contribution is -2.33. The monoisotopic (exact) mass is 253 g/mol. The maximum Gasteiger partial charge on any atom is 0.371 e. The van der Waals surface area contributed by atoms with E-state index >= 15 is 0 Å². The third-order valence-corrected chi connectivity index (χ3v) is 2.88. The van der Waals surface area contributed by atoms with Gasteiger partial charge < -0.3 is 19.2 Å². The van der Waals surface area contributed by atoms with E-state index in [9.17, 15) is 9.59 Å². The molecule has 1 aliphatic heterocycles. The Hall–Kier alpha value is -1.82. The van der Waals surface area contributed by atoms with Crippen molar-refractivity contribution in [3.8, 4) is 0 Å². The van der Waals surface area contributed by atoms with Gasteiger partial charge in [-0.15, -0.1) is 0 Å². The van der Waals surface area contributed by atoms with Crippen molar-refractivity contribution in [2.45, 2.75) is 18.9 Å². The van der Waals surface area contributed by atoms with Crippen LogP contribution >= 0.6 is 0 Å². The van der Waals surface area contributed by atoms with Gasteiger partial charge in [-0.1, -0.05) is 0 Å². The topological polar surface area (TPSA) is 80.0 Å². The zero-order chi connectivity index (χ0) is 13.1. The number of nitrogens with zero attached hydrogens (tertiary/aromatic N) is 1. The highest BCUT2D eigenvalue weighted by Crippen LogP contribution is 2.15. The molecule has 1 atom stereocenters. The molecule has 1 aliphatic rings. The van der Waals surface area contributed by atoms with Crippen molar-refractivity contribution in [3.63, 3.8) is 0 Å². The van der Waals surface area contributed by atoms with Crippen LogP contribution in [-0.2, 0) is 4.74 Å². The van der Waals surface area contributed by atoms with Gasteiger partial charge in [0, 0.05) is 20.2 Å². The van der Waals surface area contributed by atoms with Gasteiger partial charge in [0.25, 0.3) is 5.91 Å². The average molecular weight is 253 g/mol. The number of hydrogen-bond donors (Lipinski definition) is 1. The molecule has 2 rings (SSSR count).